The Kier molecular flexibility index (Phi) is 4.25. The van der Waals surface area contributed by atoms with Crippen molar-refractivity contribution in [3.63, 3.8) is 0 Å². The van der Waals surface area contributed by atoms with Crippen molar-refractivity contribution in [2.24, 2.45) is 0 Å². The van der Waals surface area contributed by atoms with Gasteiger partial charge in [0.2, 0.25) is 6.79 Å². The molecule has 2 heterocycles. The van der Waals surface area contributed by atoms with Gasteiger partial charge >= 0.3 is 0 Å². The van der Waals surface area contributed by atoms with Crippen molar-refractivity contribution in [1.82, 2.24) is 9.97 Å². The zero-order valence-electron chi connectivity index (χ0n) is 14.1. The zero-order chi connectivity index (χ0) is 17.1. The highest BCUT2D eigenvalue weighted by atomic mass is 16.7. The number of nitrogens with zero attached hydrogens (tertiary/aromatic N) is 1. The molecule has 1 aromatic heterocycles. The van der Waals surface area contributed by atoms with E-state index in [9.17, 15) is 0 Å². The Labute approximate surface area is 147 Å². The third-order valence-electron chi connectivity index (χ3n) is 4.41. The van der Waals surface area contributed by atoms with Gasteiger partial charge in [0, 0.05) is 0 Å². The van der Waals surface area contributed by atoms with Crippen molar-refractivity contribution in [3.05, 3.63) is 89.8 Å². The van der Waals surface area contributed by atoms with Gasteiger partial charge in [0.1, 0.15) is 17.8 Å². The quantitative estimate of drug-likeness (QED) is 0.745. The van der Waals surface area contributed by atoms with Crippen LogP contribution in [0.25, 0.3) is 11.3 Å². The number of H-pyrrole nitrogens is 1. The fourth-order valence-corrected chi connectivity index (χ4v) is 3.01. The lowest BCUT2D eigenvalue weighted by Crippen LogP contribution is -2.09. The number of nitrogens with one attached hydrogen (secondary N) is 1. The summed E-state index contributed by atoms with van der Waals surface area (Å²) in [5.41, 5.74) is 4.61. The highest BCUT2D eigenvalue weighted by Gasteiger charge is 2.25. The summed E-state index contributed by atoms with van der Waals surface area (Å²) in [7, 11) is 0. The Morgan fingerprint density at radius 1 is 1.08 bits per heavy atom. The molecule has 4 nitrogen and oxygen atoms in total. The van der Waals surface area contributed by atoms with E-state index in [1.165, 1.54) is 11.1 Å². The molecule has 25 heavy (non-hydrogen) atoms. The summed E-state index contributed by atoms with van der Waals surface area (Å²) >= 11 is 0. The fourth-order valence-electron chi connectivity index (χ4n) is 3.01. The van der Waals surface area contributed by atoms with Gasteiger partial charge in [0.15, 0.2) is 0 Å². The SMILES string of the molecule is Cc1ccc(-c2cnc(C(Cc3ccccc3)C3=COCO3)[nH]2)cc1. The van der Waals surface area contributed by atoms with Crippen LogP contribution in [0.2, 0.25) is 0 Å². The lowest BCUT2D eigenvalue weighted by atomic mass is 9.97. The van der Waals surface area contributed by atoms with E-state index < -0.39 is 0 Å². The maximum Gasteiger partial charge on any atom is 0.229 e. The molecule has 0 spiro atoms. The number of hydrogen-bond acceptors (Lipinski definition) is 3. The van der Waals surface area contributed by atoms with Crippen LogP contribution in [0.3, 0.4) is 0 Å². The molecule has 2 aromatic carbocycles. The molecule has 0 radical (unpaired) electrons. The van der Waals surface area contributed by atoms with Crippen LogP contribution in [0, 0.1) is 6.92 Å². The van der Waals surface area contributed by atoms with Crippen LogP contribution in [0.1, 0.15) is 22.9 Å². The summed E-state index contributed by atoms with van der Waals surface area (Å²) in [5, 5.41) is 0. The van der Waals surface area contributed by atoms with Crippen LogP contribution < -0.4 is 0 Å². The Balaban J connectivity index is 1.64. The van der Waals surface area contributed by atoms with Crippen LogP contribution in [-0.4, -0.2) is 16.8 Å². The average Bonchev–Trinajstić information content (AvgIpc) is 3.34. The van der Waals surface area contributed by atoms with E-state index >= 15 is 0 Å². The van der Waals surface area contributed by atoms with Crippen LogP contribution in [-0.2, 0) is 15.9 Å². The first-order valence-corrected chi connectivity index (χ1v) is 8.40. The van der Waals surface area contributed by atoms with E-state index in [4.69, 9.17) is 9.47 Å². The highest BCUT2D eigenvalue weighted by Crippen LogP contribution is 2.31. The highest BCUT2D eigenvalue weighted by molar-refractivity contribution is 5.59. The van der Waals surface area contributed by atoms with E-state index in [-0.39, 0.29) is 12.7 Å². The van der Waals surface area contributed by atoms with Crippen LogP contribution in [0.5, 0.6) is 0 Å². The second kappa shape index (κ2) is 6.85. The van der Waals surface area contributed by atoms with Gasteiger partial charge in [0.25, 0.3) is 0 Å². The number of aromatic nitrogens is 2. The fraction of sp³-hybridized carbons (Fsp3) is 0.190. The topological polar surface area (TPSA) is 47.1 Å². The molecule has 0 fully saturated rings. The number of imidazole rings is 1. The molecule has 4 heteroatoms. The second-order valence-electron chi connectivity index (χ2n) is 6.24. The molecule has 3 aromatic rings. The molecule has 1 aliphatic rings. The van der Waals surface area contributed by atoms with Crippen molar-refractivity contribution < 1.29 is 9.47 Å². The second-order valence-corrected chi connectivity index (χ2v) is 6.24. The molecule has 0 aliphatic carbocycles. The molecule has 1 aliphatic heterocycles. The lowest BCUT2D eigenvalue weighted by molar-refractivity contribution is 0.0748. The molecule has 126 valence electrons. The smallest absolute Gasteiger partial charge is 0.229 e. The summed E-state index contributed by atoms with van der Waals surface area (Å²) in [6, 6.07) is 18.8. The summed E-state index contributed by atoms with van der Waals surface area (Å²) in [5.74, 6) is 1.70. The van der Waals surface area contributed by atoms with E-state index in [0.717, 1.165) is 29.3 Å². The molecule has 0 amide bonds. The van der Waals surface area contributed by atoms with Gasteiger partial charge in [-0.3, -0.25) is 0 Å². The Morgan fingerprint density at radius 3 is 2.60 bits per heavy atom. The first-order valence-electron chi connectivity index (χ1n) is 8.40. The number of aromatic amines is 1. The van der Waals surface area contributed by atoms with Gasteiger partial charge in [-0.25, -0.2) is 4.98 Å². The number of aryl methyl sites for hydroxylation is 1. The van der Waals surface area contributed by atoms with Crippen molar-refractivity contribution in [1.29, 1.82) is 0 Å². The largest absolute Gasteiger partial charge is 0.462 e. The maximum absolute atomic E-state index is 5.65. The monoisotopic (exact) mass is 332 g/mol. The standard InChI is InChI=1S/C21H20N2O2/c1-15-7-9-17(10-8-15)19-12-22-21(23-19)18(20-13-24-14-25-20)11-16-5-3-2-4-6-16/h2-10,12-13,18H,11,14H2,1H3,(H,22,23). The van der Waals surface area contributed by atoms with Crippen LogP contribution in [0.15, 0.2) is 72.8 Å². The minimum atomic E-state index is 0.00379. The van der Waals surface area contributed by atoms with Gasteiger partial charge in [0.05, 0.1) is 17.8 Å². The Morgan fingerprint density at radius 2 is 1.88 bits per heavy atom. The van der Waals surface area contributed by atoms with Gasteiger partial charge < -0.3 is 14.5 Å². The first-order chi connectivity index (χ1) is 12.3. The Bertz CT molecular complexity index is 866. The summed E-state index contributed by atoms with van der Waals surface area (Å²) in [4.78, 5) is 8.08. The molecule has 1 N–H and O–H groups in total. The number of allylic oxidation sites excluding steroid dienone is 1. The predicted octanol–water partition coefficient (Wildman–Crippen LogP) is 4.56. The summed E-state index contributed by atoms with van der Waals surface area (Å²) < 4.78 is 10.9. The molecule has 1 atom stereocenters. The molecule has 4 rings (SSSR count). The molecule has 1 unspecified atom stereocenters. The van der Waals surface area contributed by atoms with Crippen molar-refractivity contribution >= 4 is 0 Å². The number of rotatable bonds is 5. The average molecular weight is 332 g/mol. The third kappa shape index (κ3) is 3.43. The van der Waals surface area contributed by atoms with Crippen molar-refractivity contribution in [3.8, 4) is 11.3 Å². The van der Waals surface area contributed by atoms with Crippen molar-refractivity contribution in [2.45, 2.75) is 19.3 Å². The predicted molar refractivity (Wildman–Crippen MR) is 96.8 cm³/mol. The van der Waals surface area contributed by atoms with E-state index in [0.29, 0.717) is 0 Å². The van der Waals surface area contributed by atoms with Gasteiger partial charge in [-0.05, 0) is 24.5 Å². The minimum Gasteiger partial charge on any atom is -0.462 e. The molecule has 0 saturated heterocycles. The van der Waals surface area contributed by atoms with Gasteiger partial charge in [-0.1, -0.05) is 60.2 Å². The first kappa shape index (κ1) is 15.5. The molecular weight excluding hydrogens is 312 g/mol. The van der Waals surface area contributed by atoms with E-state index in [1.54, 1.807) is 6.26 Å². The molecule has 0 bridgehead atoms. The number of ether oxygens (including phenoxy) is 2. The van der Waals surface area contributed by atoms with Crippen LogP contribution in [0.4, 0.5) is 0 Å². The van der Waals surface area contributed by atoms with Crippen molar-refractivity contribution in [2.75, 3.05) is 6.79 Å². The normalized spacial score (nSPS) is 14.5. The Hall–Kier alpha value is -3.01. The lowest BCUT2D eigenvalue weighted by Gasteiger charge is -2.14. The number of hydrogen-bond donors (Lipinski definition) is 1. The molecular formula is C21H20N2O2. The van der Waals surface area contributed by atoms with Crippen LogP contribution >= 0.6 is 0 Å². The van der Waals surface area contributed by atoms with E-state index in [1.807, 2.05) is 24.4 Å². The van der Waals surface area contributed by atoms with E-state index in [2.05, 4.69) is 53.3 Å². The summed E-state index contributed by atoms with van der Waals surface area (Å²) in [6.45, 7) is 2.36. The third-order valence-corrected chi connectivity index (χ3v) is 4.41. The molecule has 0 saturated carbocycles. The van der Waals surface area contributed by atoms with Gasteiger partial charge in [-0.15, -0.1) is 0 Å². The maximum atomic E-state index is 5.65. The minimum absolute atomic E-state index is 0.00379. The van der Waals surface area contributed by atoms with Gasteiger partial charge in [-0.2, -0.15) is 0 Å². The zero-order valence-corrected chi connectivity index (χ0v) is 14.1. The summed E-state index contributed by atoms with van der Waals surface area (Å²) in [6.07, 6.45) is 4.38. The number of benzene rings is 2.